The minimum Gasteiger partial charge on any atom is -0.545 e. The maximum absolute atomic E-state index is 12.1. The second-order valence-corrected chi connectivity index (χ2v) is 6.13. The van der Waals surface area contributed by atoms with Crippen molar-refractivity contribution in [2.45, 2.75) is 4.90 Å². The third-order valence-electron chi connectivity index (χ3n) is 3.07. The highest BCUT2D eigenvalue weighted by atomic mass is 35.5. The molecule has 0 radical (unpaired) electrons. The molecule has 0 saturated carbocycles. The smallest absolute Gasteiger partial charge is 0.262 e. The molecule has 1 aliphatic rings. The second-order valence-electron chi connectivity index (χ2n) is 4.61. The summed E-state index contributed by atoms with van der Waals surface area (Å²) in [4.78, 5) is 24.3. The van der Waals surface area contributed by atoms with Crippen LogP contribution in [0.25, 0.3) is 6.08 Å². The Balaban J connectivity index is 1.93. The summed E-state index contributed by atoms with van der Waals surface area (Å²) >= 11 is 7.12. The third-order valence-corrected chi connectivity index (χ3v) is 4.43. The second kappa shape index (κ2) is 5.87. The normalized spacial score (nSPS) is 15.3. The van der Waals surface area contributed by atoms with Gasteiger partial charge in [-0.15, -0.1) is 0 Å². The van der Waals surface area contributed by atoms with Crippen LogP contribution in [-0.2, 0) is 4.79 Å². The number of halogens is 1. The molecule has 0 bridgehead atoms. The third kappa shape index (κ3) is 3.00. The molecule has 3 rings (SSSR count). The van der Waals surface area contributed by atoms with E-state index in [-0.39, 0.29) is 11.5 Å². The van der Waals surface area contributed by atoms with Crippen LogP contribution in [-0.4, -0.2) is 11.9 Å². The average Bonchev–Trinajstić information content (AvgIpc) is 2.49. The molecule has 0 aromatic heterocycles. The van der Waals surface area contributed by atoms with E-state index in [4.69, 9.17) is 11.6 Å². The van der Waals surface area contributed by atoms with E-state index in [1.54, 1.807) is 24.3 Å². The molecule has 0 aliphatic carbocycles. The van der Waals surface area contributed by atoms with Crippen LogP contribution in [0.5, 0.6) is 0 Å². The highest BCUT2D eigenvalue weighted by molar-refractivity contribution is 8.04. The molecule has 1 amide bonds. The fourth-order valence-electron chi connectivity index (χ4n) is 2.00. The summed E-state index contributed by atoms with van der Waals surface area (Å²) in [5.74, 6) is -1.55. The quantitative estimate of drug-likeness (QED) is 0.860. The Morgan fingerprint density at radius 2 is 1.91 bits per heavy atom. The first kappa shape index (κ1) is 14.7. The Morgan fingerprint density at radius 1 is 1.18 bits per heavy atom. The first-order valence-electron chi connectivity index (χ1n) is 6.35. The zero-order valence-electron chi connectivity index (χ0n) is 11.1. The Labute approximate surface area is 135 Å². The van der Waals surface area contributed by atoms with Crippen LogP contribution in [0.3, 0.4) is 0 Å². The van der Waals surface area contributed by atoms with Gasteiger partial charge < -0.3 is 15.2 Å². The number of benzene rings is 2. The molecule has 4 nitrogen and oxygen atoms in total. The van der Waals surface area contributed by atoms with Crippen LogP contribution >= 0.6 is 23.4 Å². The number of carbonyl (C=O) groups excluding carboxylic acids is 2. The lowest BCUT2D eigenvalue weighted by atomic mass is 10.2. The van der Waals surface area contributed by atoms with Crippen molar-refractivity contribution in [2.75, 3.05) is 5.32 Å². The van der Waals surface area contributed by atoms with E-state index in [9.17, 15) is 14.7 Å². The molecule has 2 aromatic carbocycles. The van der Waals surface area contributed by atoms with Gasteiger partial charge in [-0.3, -0.25) is 4.79 Å². The van der Waals surface area contributed by atoms with Crippen LogP contribution in [0.1, 0.15) is 15.9 Å². The number of anilines is 1. The molecule has 1 heterocycles. The van der Waals surface area contributed by atoms with Crippen LogP contribution in [0, 0.1) is 0 Å². The van der Waals surface area contributed by atoms with Gasteiger partial charge in [-0.25, -0.2) is 0 Å². The summed E-state index contributed by atoms with van der Waals surface area (Å²) in [7, 11) is 0. The molecule has 22 heavy (non-hydrogen) atoms. The lowest BCUT2D eigenvalue weighted by molar-refractivity contribution is -0.255. The fourth-order valence-corrected chi connectivity index (χ4v) is 3.06. The van der Waals surface area contributed by atoms with Crippen molar-refractivity contribution in [1.82, 2.24) is 0 Å². The number of carboxylic acids is 1. The number of carboxylic acid groups (broad SMARTS) is 1. The molecule has 6 heteroatoms. The van der Waals surface area contributed by atoms with Crippen molar-refractivity contribution in [3.63, 3.8) is 0 Å². The van der Waals surface area contributed by atoms with Gasteiger partial charge in [0.2, 0.25) is 0 Å². The van der Waals surface area contributed by atoms with Crippen molar-refractivity contribution >= 4 is 47.0 Å². The lowest BCUT2D eigenvalue weighted by Crippen LogP contribution is -2.23. The van der Waals surface area contributed by atoms with Crippen molar-refractivity contribution in [3.05, 3.63) is 63.5 Å². The molecular formula is C16H9ClNO3S-. The molecule has 0 fully saturated rings. The van der Waals surface area contributed by atoms with Gasteiger partial charge in [0.25, 0.3) is 5.91 Å². The van der Waals surface area contributed by atoms with Gasteiger partial charge >= 0.3 is 0 Å². The van der Waals surface area contributed by atoms with E-state index >= 15 is 0 Å². The molecule has 2 aromatic rings. The molecule has 0 atom stereocenters. The fraction of sp³-hybridized carbons (Fsp3) is 0. The molecule has 0 unspecified atom stereocenters. The van der Waals surface area contributed by atoms with Crippen molar-refractivity contribution < 1.29 is 14.7 Å². The molecule has 1 N–H and O–H groups in total. The van der Waals surface area contributed by atoms with Gasteiger partial charge in [-0.2, -0.15) is 0 Å². The topological polar surface area (TPSA) is 69.2 Å². The van der Waals surface area contributed by atoms with Crippen molar-refractivity contribution in [1.29, 1.82) is 0 Å². The van der Waals surface area contributed by atoms with Crippen molar-refractivity contribution in [2.24, 2.45) is 0 Å². The number of thioether (sulfide) groups is 1. The minimum atomic E-state index is -1.27. The van der Waals surface area contributed by atoms with Gasteiger partial charge in [0.1, 0.15) is 0 Å². The Morgan fingerprint density at radius 3 is 2.59 bits per heavy atom. The van der Waals surface area contributed by atoms with E-state index < -0.39 is 5.97 Å². The van der Waals surface area contributed by atoms with E-state index in [0.29, 0.717) is 15.6 Å². The van der Waals surface area contributed by atoms with Crippen LogP contribution in [0.4, 0.5) is 5.69 Å². The van der Waals surface area contributed by atoms with Crippen LogP contribution < -0.4 is 10.4 Å². The molecule has 0 spiro atoms. The SMILES string of the molecule is O=C1Nc2cc(C(=O)[O-])ccc2SC1=Cc1ccc(Cl)cc1. The summed E-state index contributed by atoms with van der Waals surface area (Å²) < 4.78 is 0. The average molecular weight is 331 g/mol. The molecule has 110 valence electrons. The van der Waals surface area contributed by atoms with Gasteiger partial charge in [0, 0.05) is 9.92 Å². The van der Waals surface area contributed by atoms with E-state index in [2.05, 4.69) is 5.32 Å². The number of rotatable bonds is 2. The molecule has 0 saturated heterocycles. The Bertz CT molecular complexity index is 800. The highest BCUT2D eigenvalue weighted by Gasteiger charge is 2.21. The monoisotopic (exact) mass is 330 g/mol. The van der Waals surface area contributed by atoms with E-state index in [1.807, 2.05) is 12.1 Å². The first-order valence-corrected chi connectivity index (χ1v) is 7.54. The highest BCUT2D eigenvalue weighted by Crippen LogP contribution is 2.39. The minimum absolute atomic E-state index is 0.0322. The predicted molar refractivity (Wildman–Crippen MR) is 84.7 cm³/mol. The number of fused-ring (bicyclic) bond motifs is 1. The summed E-state index contributed by atoms with van der Waals surface area (Å²) in [6, 6.07) is 11.6. The first-order chi connectivity index (χ1) is 10.5. The predicted octanol–water partition coefficient (Wildman–Crippen LogP) is 2.79. The maximum Gasteiger partial charge on any atom is 0.262 e. The summed E-state index contributed by atoms with van der Waals surface area (Å²) in [5, 5.41) is 14.2. The molecular weight excluding hydrogens is 322 g/mol. The number of hydrogen-bond acceptors (Lipinski definition) is 4. The Hall–Kier alpha value is -2.24. The van der Waals surface area contributed by atoms with Gasteiger partial charge in [0.05, 0.1) is 16.6 Å². The lowest BCUT2D eigenvalue weighted by Gasteiger charge is -2.19. The van der Waals surface area contributed by atoms with Crippen molar-refractivity contribution in [3.8, 4) is 0 Å². The largest absolute Gasteiger partial charge is 0.545 e. The van der Waals surface area contributed by atoms with Crippen LogP contribution in [0.15, 0.2) is 52.3 Å². The Kier molecular flexibility index (Phi) is 3.92. The van der Waals surface area contributed by atoms with Crippen LogP contribution in [0.2, 0.25) is 5.02 Å². The molecule has 1 aliphatic heterocycles. The van der Waals surface area contributed by atoms with Gasteiger partial charge in [0.15, 0.2) is 0 Å². The number of carbonyl (C=O) groups is 2. The van der Waals surface area contributed by atoms with E-state index in [0.717, 1.165) is 10.5 Å². The number of amides is 1. The number of nitrogens with one attached hydrogen (secondary N) is 1. The summed E-state index contributed by atoms with van der Waals surface area (Å²) in [5.41, 5.74) is 1.37. The maximum atomic E-state index is 12.1. The van der Waals surface area contributed by atoms with Gasteiger partial charge in [-0.1, -0.05) is 41.6 Å². The zero-order valence-corrected chi connectivity index (χ0v) is 12.7. The summed E-state index contributed by atoms with van der Waals surface area (Å²) in [6.45, 7) is 0. The zero-order chi connectivity index (χ0) is 15.7. The van der Waals surface area contributed by atoms with Gasteiger partial charge in [-0.05, 0) is 41.5 Å². The number of hydrogen-bond donors (Lipinski definition) is 1. The standard InChI is InChI=1S/C16H10ClNO3S/c17-11-4-1-9(2-5-11)7-14-15(19)18-12-8-10(16(20)21)3-6-13(12)22-14/h1-8H,(H,18,19)(H,20,21)/p-1. The van der Waals surface area contributed by atoms with E-state index in [1.165, 1.54) is 23.9 Å². The number of aromatic carboxylic acids is 1. The summed E-state index contributed by atoms with van der Waals surface area (Å²) in [6.07, 6.45) is 1.76.